The smallest absolute Gasteiger partial charge is 0.406 e. The fourth-order valence-corrected chi connectivity index (χ4v) is 4.52. The summed E-state index contributed by atoms with van der Waals surface area (Å²) in [7, 11) is 0. The lowest BCUT2D eigenvalue weighted by Crippen LogP contribution is -2.46. The Morgan fingerprint density at radius 1 is 0.969 bits per heavy atom. The quantitative estimate of drug-likeness (QED) is 0.592. The van der Waals surface area contributed by atoms with Gasteiger partial charge in [-0.3, -0.25) is 14.5 Å². The number of imide groups is 1. The Hall–Kier alpha value is -2.58. The summed E-state index contributed by atoms with van der Waals surface area (Å²) in [5.41, 5.74) is 1.47. The molecule has 170 valence electrons. The van der Waals surface area contributed by atoms with Crippen LogP contribution in [0, 0.1) is 5.92 Å². The second-order valence-electron chi connectivity index (χ2n) is 8.14. The number of hydrogen-bond acceptors (Lipinski definition) is 4. The molecule has 9 heteroatoms. The van der Waals surface area contributed by atoms with Crippen molar-refractivity contribution in [1.29, 1.82) is 0 Å². The molecule has 0 aromatic heterocycles. The van der Waals surface area contributed by atoms with E-state index in [0.717, 1.165) is 24.8 Å². The highest BCUT2D eigenvalue weighted by Gasteiger charge is 2.43. The van der Waals surface area contributed by atoms with Gasteiger partial charge in [-0.1, -0.05) is 23.7 Å². The van der Waals surface area contributed by atoms with Crippen molar-refractivity contribution in [2.24, 2.45) is 5.92 Å². The second kappa shape index (κ2) is 9.11. The normalized spacial score (nSPS) is 20.8. The molecule has 0 bridgehead atoms. The molecule has 2 aromatic rings. The Morgan fingerprint density at radius 3 is 2.19 bits per heavy atom. The maximum absolute atomic E-state index is 12.9. The molecule has 0 aliphatic carbocycles. The number of alkyl halides is 3. The third kappa shape index (κ3) is 5.24. The van der Waals surface area contributed by atoms with Crippen molar-refractivity contribution in [2.45, 2.75) is 38.1 Å². The van der Waals surface area contributed by atoms with E-state index in [-0.39, 0.29) is 24.0 Å². The van der Waals surface area contributed by atoms with E-state index in [1.165, 1.54) is 17.0 Å². The van der Waals surface area contributed by atoms with E-state index in [9.17, 15) is 22.8 Å². The lowest BCUT2D eigenvalue weighted by atomic mass is 9.89. The second-order valence-corrected chi connectivity index (χ2v) is 8.58. The number of piperidine rings is 1. The zero-order valence-electron chi connectivity index (χ0n) is 17.1. The SMILES string of the molecule is O=C1CC(N2CCC(Cc3ccc(OC(F)(F)F)cc3)CC2)C(=O)N1c1ccc(Cl)cc1. The van der Waals surface area contributed by atoms with Crippen molar-refractivity contribution in [1.82, 2.24) is 4.90 Å². The fraction of sp³-hybridized carbons (Fsp3) is 0.391. The number of nitrogens with zero attached hydrogens (tertiary/aromatic N) is 2. The minimum atomic E-state index is -4.70. The number of likely N-dealkylation sites (tertiary alicyclic amines) is 1. The average Bonchev–Trinajstić information content (AvgIpc) is 3.04. The zero-order valence-corrected chi connectivity index (χ0v) is 17.9. The molecule has 0 saturated carbocycles. The molecule has 5 nitrogen and oxygen atoms in total. The number of ether oxygens (including phenoxy) is 1. The minimum absolute atomic E-state index is 0.160. The van der Waals surface area contributed by atoms with Gasteiger partial charge in [0.05, 0.1) is 18.2 Å². The van der Waals surface area contributed by atoms with Gasteiger partial charge >= 0.3 is 6.36 Å². The van der Waals surface area contributed by atoms with Crippen LogP contribution in [-0.2, 0) is 16.0 Å². The van der Waals surface area contributed by atoms with Crippen LogP contribution in [0.4, 0.5) is 18.9 Å². The summed E-state index contributed by atoms with van der Waals surface area (Å²) in [6.07, 6.45) is -2.10. The highest BCUT2D eigenvalue weighted by Crippen LogP contribution is 2.31. The highest BCUT2D eigenvalue weighted by atomic mass is 35.5. The van der Waals surface area contributed by atoms with Crippen LogP contribution in [-0.4, -0.2) is 42.2 Å². The van der Waals surface area contributed by atoms with Gasteiger partial charge in [0.25, 0.3) is 5.91 Å². The molecular weight excluding hydrogens is 445 g/mol. The van der Waals surface area contributed by atoms with Crippen LogP contribution < -0.4 is 9.64 Å². The first-order valence-corrected chi connectivity index (χ1v) is 10.8. The van der Waals surface area contributed by atoms with Gasteiger partial charge in [0.2, 0.25) is 5.91 Å². The Morgan fingerprint density at radius 2 is 1.59 bits per heavy atom. The molecule has 1 atom stereocenters. The summed E-state index contributed by atoms with van der Waals surface area (Å²) < 4.78 is 40.8. The van der Waals surface area contributed by atoms with E-state index in [1.807, 2.05) is 0 Å². The van der Waals surface area contributed by atoms with Crippen LogP contribution in [0.25, 0.3) is 0 Å². The maximum Gasteiger partial charge on any atom is 0.573 e. The lowest BCUT2D eigenvalue weighted by Gasteiger charge is -2.34. The average molecular weight is 467 g/mol. The van der Waals surface area contributed by atoms with E-state index in [4.69, 9.17) is 11.6 Å². The molecule has 2 heterocycles. The van der Waals surface area contributed by atoms with Gasteiger partial charge in [-0.2, -0.15) is 0 Å². The van der Waals surface area contributed by atoms with Crippen LogP contribution in [0.1, 0.15) is 24.8 Å². The molecule has 1 unspecified atom stereocenters. The number of carbonyl (C=O) groups is 2. The lowest BCUT2D eigenvalue weighted by molar-refractivity contribution is -0.274. The van der Waals surface area contributed by atoms with Crippen molar-refractivity contribution in [3.8, 4) is 5.75 Å². The molecule has 2 aromatic carbocycles. The Labute approximate surface area is 188 Å². The Kier molecular flexibility index (Phi) is 6.44. The largest absolute Gasteiger partial charge is 0.573 e. The van der Waals surface area contributed by atoms with Crippen molar-refractivity contribution in [3.63, 3.8) is 0 Å². The molecule has 0 radical (unpaired) electrons. The van der Waals surface area contributed by atoms with E-state index >= 15 is 0 Å². The van der Waals surface area contributed by atoms with Crippen LogP contribution >= 0.6 is 11.6 Å². The standard InChI is InChI=1S/C23H22ClF3N2O3/c24-17-3-5-18(6-4-17)29-21(30)14-20(22(29)31)28-11-9-16(10-12-28)13-15-1-7-19(8-2-15)32-23(25,26)27/h1-8,16,20H,9-14H2. The number of carbonyl (C=O) groups excluding carboxylic acids is 2. The molecular formula is C23H22ClF3N2O3. The summed E-state index contributed by atoms with van der Waals surface area (Å²) >= 11 is 5.90. The molecule has 2 aliphatic rings. The van der Waals surface area contributed by atoms with E-state index < -0.39 is 12.4 Å². The molecule has 4 rings (SSSR count). The van der Waals surface area contributed by atoms with E-state index in [2.05, 4.69) is 9.64 Å². The highest BCUT2D eigenvalue weighted by molar-refractivity contribution is 6.30. The molecule has 2 amide bonds. The van der Waals surface area contributed by atoms with E-state index in [0.29, 0.717) is 29.7 Å². The summed E-state index contributed by atoms with van der Waals surface area (Å²) in [4.78, 5) is 28.7. The number of halogens is 4. The van der Waals surface area contributed by atoms with Gasteiger partial charge in [0.1, 0.15) is 5.75 Å². The summed E-state index contributed by atoms with van der Waals surface area (Å²) in [6.45, 7) is 1.39. The van der Waals surface area contributed by atoms with Gasteiger partial charge in [-0.05, 0) is 80.2 Å². The monoisotopic (exact) mass is 466 g/mol. The first-order valence-electron chi connectivity index (χ1n) is 10.4. The van der Waals surface area contributed by atoms with Gasteiger partial charge in [0.15, 0.2) is 0 Å². The molecule has 0 spiro atoms. The number of hydrogen-bond donors (Lipinski definition) is 0. The van der Waals surface area contributed by atoms with Crippen LogP contribution in [0.5, 0.6) is 5.75 Å². The maximum atomic E-state index is 12.9. The summed E-state index contributed by atoms with van der Waals surface area (Å²) in [6, 6.07) is 12.1. The molecule has 2 aliphatic heterocycles. The van der Waals surface area contributed by atoms with Crippen LogP contribution in [0.15, 0.2) is 48.5 Å². The number of benzene rings is 2. The van der Waals surface area contributed by atoms with Crippen molar-refractivity contribution in [2.75, 3.05) is 18.0 Å². The summed E-state index contributed by atoms with van der Waals surface area (Å²) in [5, 5.41) is 0.536. The van der Waals surface area contributed by atoms with Gasteiger partial charge < -0.3 is 4.74 Å². The number of amides is 2. The van der Waals surface area contributed by atoms with Crippen LogP contribution in [0.3, 0.4) is 0 Å². The molecule has 2 saturated heterocycles. The van der Waals surface area contributed by atoms with Gasteiger partial charge in [0, 0.05) is 5.02 Å². The molecule has 2 fully saturated rings. The third-order valence-corrected chi connectivity index (χ3v) is 6.23. The number of rotatable bonds is 5. The molecule has 32 heavy (non-hydrogen) atoms. The van der Waals surface area contributed by atoms with Crippen molar-refractivity contribution in [3.05, 3.63) is 59.1 Å². The topological polar surface area (TPSA) is 49.9 Å². The first kappa shape index (κ1) is 22.6. The Balaban J connectivity index is 1.31. The minimum Gasteiger partial charge on any atom is -0.406 e. The first-order chi connectivity index (χ1) is 15.2. The van der Waals surface area contributed by atoms with Gasteiger partial charge in [-0.25, -0.2) is 4.90 Å². The fourth-order valence-electron chi connectivity index (χ4n) is 4.39. The van der Waals surface area contributed by atoms with E-state index in [1.54, 1.807) is 36.4 Å². The van der Waals surface area contributed by atoms with Gasteiger partial charge in [-0.15, -0.1) is 13.2 Å². The van der Waals surface area contributed by atoms with Crippen molar-refractivity contribution >= 4 is 29.1 Å². The van der Waals surface area contributed by atoms with Crippen LogP contribution in [0.2, 0.25) is 5.02 Å². The third-order valence-electron chi connectivity index (χ3n) is 5.98. The van der Waals surface area contributed by atoms with Crippen molar-refractivity contribution < 1.29 is 27.5 Å². The Bertz CT molecular complexity index is 971. The zero-order chi connectivity index (χ0) is 22.9. The predicted molar refractivity (Wildman–Crippen MR) is 113 cm³/mol. The predicted octanol–water partition coefficient (Wildman–Crippen LogP) is 4.83. The number of anilines is 1. The molecule has 0 N–H and O–H groups in total. The summed E-state index contributed by atoms with van der Waals surface area (Å²) in [5.74, 6) is -0.299.